The molecule has 0 aliphatic heterocycles. The molecule has 0 spiro atoms. The van der Waals surface area contributed by atoms with Crippen LogP contribution < -0.4 is 10.6 Å². The normalized spacial score (nSPS) is 11.4. The maximum Gasteiger partial charge on any atom is 0.246 e. The van der Waals surface area contributed by atoms with E-state index in [-0.39, 0.29) is 11.8 Å². The van der Waals surface area contributed by atoms with Crippen molar-refractivity contribution in [3.63, 3.8) is 0 Å². The summed E-state index contributed by atoms with van der Waals surface area (Å²) < 4.78 is 0. The summed E-state index contributed by atoms with van der Waals surface area (Å²) in [5.41, 5.74) is 1.01. The second-order valence-corrected chi connectivity index (χ2v) is 3.62. The van der Waals surface area contributed by atoms with E-state index < -0.39 is 6.04 Å². The highest BCUT2D eigenvalue weighted by Crippen LogP contribution is 1.97. The van der Waals surface area contributed by atoms with Gasteiger partial charge in [0.25, 0.3) is 0 Å². The predicted molar refractivity (Wildman–Crippen MR) is 66.1 cm³/mol. The number of carbonyl (C=O) groups is 2. The largest absolute Gasteiger partial charge is 0.350 e. The van der Waals surface area contributed by atoms with Gasteiger partial charge in [0.05, 0.1) is 0 Å². The minimum atomic E-state index is -0.684. The first-order valence-corrected chi connectivity index (χ1v) is 5.34. The van der Waals surface area contributed by atoms with Crippen LogP contribution in [-0.2, 0) is 16.1 Å². The summed E-state index contributed by atoms with van der Waals surface area (Å²) in [6.07, 6.45) is 1.40. The lowest BCUT2D eigenvalue weighted by Gasteiger charge is -2.13. The quantitative estimate of drug-likeness (QED) is 0.744. The molecule has 4 heteroatoms. The summed E-state index contributed by atoms with van der Waals surface area (Å²) in [5.74, 6) is -0.524. The third-order valence-electron chi connectivity index (χ3n) is 2.19. The summed E-state index contributed by atoms with van der Waals surface area (Å²) in [6, 6.07) is 8.87. The Balaban J connectivity index is 2.48. The van der Waals surface area contributed by atoms with Crippen molar-refractivity contribution in [2.24, 2.45) is 0 Å². The van der Waals surface area contributed by atoms with Crippen molar-refractivity contribution in [3.8, 4) is 0 Å². The van der Waals surface area contributed by atoms with Crippen LogP contribution in [0.15, 0.2) is 43.0 Å². The molecule has 0 radical (unpaired) electrons. The molecule has 0 bridgehead atoms. The first-order chi connectivity index (χ1) is 8.13. The summed E-state index contributed by atoms with van der Waals surface area (Å²) in [5, 5.41) is 5.23. The van der Waals surface area contributed by atoms with Gasteiger partial charge in [0.1, 0.15) is 6.04 Å². The van der Waals surface area contributed by atoms with Crippen molar-refractivity contribution >= 4 is 11.8 Å². The lowest BCUT2D eigenvalue weighted by atomic mass is 10.2. The molecule has 2 amide bonds. The fourth-order valence-electron chi connectivity index (χ4n) is 1.35. The summed E-state index contributed by atoms with van der Waals surface area (Å²) in [7, 11) is 0. The van der Waals surface area contributed by atoms with E-state index in [1.54, 1.807) is 0 Å². The topological polar surface area (TPSA) is 58.2 Å². The lowest BCUT2D eigenvalue weighted by molar-refractivity contribution is -0.127. The maximum atomic E-state index is 11.7. The molecule has 0 aliphatic carbocycles. The lowest BCUT2D eigenvalue weighted by Crippen LogP contribution is -2.44. The molecule has 2 N–H and O–H groups in total. The van der Waals surface area contributed by atoms with E-state index in [4.69, 9.17) is 0 Å². The van der Waals surface area contributed by atoms with Crippen molar-refractivity contribution in [1.82, 2.24) is 10.6 Å². The number of rotatable bonds is 5. The van der Waals surface area contributed by atoms with Crippen molar-refractivity contribution in [2.75, 3.05) is 0 Å². The molecule has 0 saturated heterocycles. The Bertz CT molecular complexity index is 401. The first kappa shape index (κ1) is 13.0. The van der Waals surface area contributed by atoms with Crippen LogP contribution in [0.25, 0.3) is 0 Å². The Labute approximate surface area is 101 Å². The van der Waals surface area contributed by atoms with Crippen molar-refractivity contribution in [3.05, 3.63) is 48.6 Å². The molecule has 0 aromatic heterocycles. The fraction of sp³-hybridized carbons (Fsp3) is 0.231. The van der Waals surface area contributed by atoms with E-state index in [1.807, 2.05) is 30.3 Å². The van der Waals surface area contributed by atoms with E-state index in [9.17, 15) is 9.59 Å². The van der Waals surface area contributed by atoms with Crippen LogP contribution in [0, 0.1) is 0 Å². The molecule has 1 unspecified atom stereocenters. The first-order valence-electron chi connectivity index (χ1n) is 5.34. The third kappa shape index (κ3) is 4.51. The smallest absolute Gasteiger partial charge is 0.246 e. The van der Waals surface area contributed by atoms with Crippen LogP contribution in [0.2, 0.25) is 0 Å². The Kier molecular flexibility index (Phi) is 4.94. The zero-order valence-corrected chi connectivity index (χ0v) is 9.77. The van der Waals surface area contributed by atoms with Gasteiger partial charge in [-0.3, -0.25) is 9.59 Å². The SMILES string of the molecule is C=CC(NC(C)=O)C(=O)NCc1ccccc1. The van der Waals surface area contributed by atoms with Crippen LogP contribution in [-0.4, -0.2) is 17.9 Å². The number of amides is 2. The fourth-order valence-corrected chi connectivity index (χ4v) is 1.35. The third-order valence-corrected chi connectivity index (χ3v) is 2.19. The van der Waals surface area contributed by atoms with E-state index in [2.05, 4.69) is 17.2 Å². The van der Waals surface area contributed by atoms with Crippen LogP contribution in [0.4, 0.5) is 0 Å². The molecular formula is C13H16N2O2. The number of nitrogens with one attached hydrogen (secondary N) is 2. The van der Waals surface area contributed by atoms with E-state index in [0.29, 0.717) is 6.54 Å². The van der Waals surface area contributed by atoms with Gasteiger partial charge >= 0.3 is 0 Å². The van der Waals surface area contributed by atoms with Crippen LogP contribution >= 0.6 is 0 Å². The molecule has 0 fully saturated rings. The molecule has 0 aliphatic rings. The van der Waals surface area contributed by atoms with Crippen molar-refractivity contribution in [1.29, 1.82) is 0 Å². The number of carbonyl (C=O) groups excluding carboxylic acids is 2. The van der Waals surface area contributed by atoms with Crippen LogP contribution in [0.1, 0.15) is 12.5 Å². The zero-order chi connectivity index (χ0) is 12.7. The number of hydrogen-bond acceptors (Lipinski definition) is 2. The van der Waals surface area contributed by atoms with Crippen molar-refractivity contribution < 1.29 is 9.59 Å². The van der Waals surface area contributed by atoms with Crippen LogP contribution in [0.3, 0.4) is 0 Å². The highest BCUT2D eigenvalue weighted by atomic mass is 16.2. The highest BCUT2D eigenvalue weighted by molar-refractivity contribution is 5.88. The van der Waals surface area contributed by atoms with Gasteiger partial charge in [-0.1, -0.05) is 36.4 Å². The monoisotopic (exact) mass is 232 g/mol. The average molecular weight is 232 g/mol. The molecule has 1 rings (SSSR count). The van der Waals surface area contributed by atoms with Crippen molar-refractivity contribution in [2.45, 2.75) is 19.5 Å². The molecule has 0 heterocycles. The van der Waals surface area contributed by atoms with Gasteiger partial charge < -0.3 is 10.6 Å². The maximum absolute atomic E-state index is 11.7. The van der Waals surface area contributed by atoms with Gasteiger partial charge in [-0.2, -0.15) is 0 Å². The molecule has 1 atom stereocenters. The van der Waals surface area contributed by atoms with E-state index >= 15 is 0 Å². The molecule has 1 aromatic carbocycles. The van der Waals surface area contributed by atoms with Crippen LogP contribution in [0.5, 0.6) is 0 Å². The molecule has 0 saturated carbocycles. The van der Waals surface area contributed by atoms with Gasteiger partial charge in [0.15, 0.2) is 0 Å². The Morgan fingerprint density at radius 2 is 2.00 bits per heavy atom. The molecular weight excluding hydrogens is 216 g/mol. The number of benzene rings is 1. The molecule has 17 heavy (non-hydrogen) atoms. The second-order valence-electron chi connectivity index (χ2n) is 3.62. The van der Waals surface area contributed by atoms with Gasteiger partial charge in [0.2, 0.25) is 11.8 Å². The minimum Gasteiger partial charge on any atom is -0.350 e. The minimum absolute atomic E-state index is 0.259. The zero-order valence-electron chi connectivity index (χ0n) is 9.77. The summed E-state index contributed by atoms with van der Waals surface area (Å²) >= 11 is 0. The Morgan fingerprint density at radius 1 is 1.35 bits per heavy atom. The standard InChI is InChI=1S/C13H16N2O2/c1-3-12(15-10(2)16)13(17)14-9-11-7-5-4-6-8-11/h3-8,12H,1,9H2,2H3,(H,14,17)(H,15,16). The number of hydrogen-bond donors (Lipinski definition) is 2. The Hall–Kier alpha value is -2.10. The molecule has 1 aromatic rings. The highest BCUT2D eigenvalue weighted by Gasteiger charge is 2.14. The molecule has 90 valence electrons. The van der Waals surface area contributed by atoms with Gasteiger partial charge in [-0.25, -0.2) is 0 Å². The second kappa shape index (κ2) is 6.48. The van der Waals surface area contributed by atoms with Gasteiger partial charge in [-0.05, 0) is 5.56 Å². The predicted octanol–water partition coefficient (Wildman–Crippen LogP) is 0.993. The summed E-state index contributed by atoms with van der Waals surface area (Å²) in [6.45, 7) is 5.31. The molecule has 4 nitrogen and oxygen atoms in total. The van der Waals surface area contributed by atoms with Gasteiger partial charge in [0, 0.05) is 13.5 Å². The Morgan fingerprint density at radius 3 is 2.53 bits per heavy atom. The van der Waals surface area contributed by atoms with E-state index in [0.717, 1.165) is 5.56 Å². The van der Waals surface area contributed by atoms with E-state index in [1.165, 1.54) is 13.0 Å². The summed E-state index contributed by atoms with van der Waals surface area (Å²) in [4.78, 5) is 22.5. The average Bonchev–Trinajstić information content (AvgIpc) is 2.34. The van der Waals surface area contributed by atoms with Gasteiger partial charge in [-0.15, -0.1) is 6.58 Å².